The molecule has 3 N–H and O–H groups in total. The van der Waals surface area contributed by atoms with Crippen LogP contribution in [-0.2, 0) is 12.7 Å². The summed E-state index contributed by atoms with van der Waals surface area (Å²) in [7, 11) is 0. The van der Waals surface area contributed by atoms with Gasteiger partial charge in [0.2, 0.25) is 5.85 Å². The molecule has 2 atom stereocenters. The molecule has 40 heavy (non-hydrogen) atoms. The molecule has 0 bridgehead atoms. The van der Waals surface area contributed by atoms with Crippen molar-refractivity contribution >= 4 is 5.84 Å². The molecule has 0 radical (unpaired) electrons. The third-order valence-electron chi connectivity index (χ3n) is 7.39. The molecule has 0 spiro atoms. The first-order valence-electron chi connectivity index (χ1n) is 13.4. The fourth-order valence-electron chi connectivity index (χ4n) is 5.25. The first-order valence-corrected chi connectivity index (χ1v) is 13.4. The van der Waals surface area contributed by atoms with Crippen LogP contribution in [0.25, 0.3) is 11.4 Å². The van der Waals surface area contributed by atoms with Crippen LogP contribution < -0.4 is 10.6 Å². The highest BCUT2D eigenvalue weighted by molar-refractivity contribution is 6.02. The zero-order chi connectivity index (χ0) is 28.8. The highest BCUT2D eigenvalue weighted by Gasteiger charge is 2.44. The molecule has 0 saturated heterocycles. The van der Waals surface area contributed by atoms with Gasteiger partial charge in [-0.2, -0.15) is 13.2 Å². The topological polar surface area (TPSA) is 74.5 Å². The molecule has 1 aliphatic heterocycles. The number of hydrogen-bond donors (Lipinski definition) is 3. The number of nitrogens with zero attached hydrogens (tertiary/aromatic N) is 3. The average molecular weight is 556 g/mol. The minimum absolute atomic E-state index is 0.0470. The van der Waals surface area contributed by atoms with E-state index in [-0.39, 0.29) is 29.9 Å². The maximum Gasteiger partial charge on any atom is 0.434 e. The Kier molecular flexibility index (Phi) is 7.35. The van der Waals surface area contributed by atoms with Crippen LogP contribution in [0.1, 0.15) is 74.9 Å². The maximum atomic E-state index is 15.1. The van der Waals surface area contributed by atoms with Gasteiger partial charge in [-0.1, -0.05) is 62.4 Å². The number of nitrogens with one attached hydrogen (secondary N) is 2. The van der Waals surface area contributed by atoms with Crippen molar-refractivity contribution < 1.29 is 22.7 Å². The van der Waals surface area contributed by atoms with Crippen molar-refractivity contribution in [3.63, 3.8) is 0 Å². The van der Waals surface area contributed by atoms with E-state index in [2.05, 4.69) is 29.5 Å². The molecule has 0 amide bonds. The zero-order valence-corrected chi connectivity index (χ0v) is 22.9. The molecule has 0 saturated carbocycles. The van der Waals surface area contributed by atoms with Crippen LogP contribution in [0, 0.1) is 0 Å². The van der Waals surface area contributed by atoms with E-state index in [1.807, 2.05) is 36.4 Å². The molecule has 1 aromatic heterocycles. The number of aromatic nitrogens is 2. The van der Waals surface area contributed by atoms with E-state index in [9.17, 15) is 18.3 Å². The number of hydrogen-bond acceptors (Lipinski definition) is 5. The summed E-state index contributed by atoms with van der Waals surface area (Å²) < 4.78 is 56.5. The Balaban J connectivity index is 1.40. The minimum atomic E-state index is -4.53. The van der Waals surface area contributed by atoms with Crippen molar-refractivity contribution in [3.05, 3.63) is 88.4 Å². The number of aliphatic imine (C=N–C) groups is 1. The molecular weight excluding hydrogens is 522 g/mol. The van der Waals surface area contributed by atoms with Crippen LogP contribution in [-0.4, -0.2) is 32.5 Å². The molecule has 6 nitrogen and oxygen atoms in total. The number of aliphatic hydroxyl groups is 1. The van der Waals surface area contributed by atoms with Gasteiger partial charge in [-0.15, -0.1) is 0 Å². The Morgan fingerprint density at radius 1 is 1.10 bits per heavy atom. The van der Waals surface area contributed by atoms with Crippen molar-refractivity contribution in [2.75, 3.05) is 0 Å². The molecule has 5 rings (SSSR count). The highest BCUT2D eigenvalue weighted by Crippen LogP contribution is 2.40. The van der Waals surface area contributed by atoms with E-state index in [0.717, 1.165) is 22.9 Å². The van der Waals surface area contributed by atoms with E-state index in [4.69, 9.17) is 4.99 Å². The van der Waals surface area contributed by atoms with Crippen molar-refractivity contribution in [2.45, 2.75) is 77.2 Å². The van der Waals surface area contributed by atoms with Crippen molar-refractivity contribution in [3.8, 4) is 11.4 Å². The zero-order valence-electron chi connectivity index (χ0n) is 22.9. The highest BCUT2D eigenvalue weighted by atomic mass is 19.4. The molecule has 2 aliphatic rings. The van der Waals surface area contributed by atoms with Crippen molar-refractivity contribution in [2.24, 2.45) is 4.99 Å². The van der Waals surface area contributed by atoms with Crippen LogP contribution in [0.4, 0.5) is 17.6 Å². The van der Waals surface area contributed by atoms with E-state index < -0.39 is 23.9 Å². The third-order valence-corrected chi connectivity index (χ3v) is 7.39. The normalized spacial score (nSPS) is 21.2. The fourth-order valence-corrected chi connectivity index (χ4v) is 5.25. The fraction of sp³-hybridized carbons (Fsp3) is 0.400. The summed E-state index contributed by atoms with van der Waals surface area (Å²) in [6.45, 7) is 8.14. The van der Waals surface area contributed by atoms with Gasteiger partial charge in [0.25, 0.3) is 0 Å². The summed E-state index contributed by atoms with van der Waals surface area (Å²) in [5.74, 6) is -1.50. The number of imidazole rings is 1. The molecular formula is C30H33F4N5O. The molecule has 2 unspecified atom stereocenters. The lowest BCUT2D eigenvalue weighted by atomic mass is 9.95. The van der Waals surface area contributed by atoms with E-state index in [1.54, 1.807) is 26.0 Å². The van der Waals surface area contributed by atoms with Crippen molar-refractivity contribution in [1.82, 2.24) is 20.2 Å². The summed E-state index contributed by atoms with van der Waals surface area (Å²) in [4.78, 5) is 8.74. The Labute approximate surface area is 230 Å². The molecule has 3 aromatic rings. The average Bonchev–Trinajstić information content (AvgIpc) is 3.50. The van der Waals surface area contributed by atoms with Gasteiger partial charge >= 0.3 is 6.18 Å². The predicted molar refractivity (Wildman–Crippen MR) is 146 cm³/mol. The van der Waals surface area contributed by atoms with Gasteiger partial charge < -0.3 is 15.0 Å². The Hall–Kier alpha value is -3.50. The lowest BCUT2D eigenvalue weighted by Crippen LogP contribution is -2.43. The Bertz CT molecular complexity index is 1450. The summed E-state index contributed by atoms with van der Waals surface area (Å²) in [6, 6.07) is 14.7. The first-order chi connectivity index (χ1) is 18.8. The maximum absolute atomic E-state index is 15.1. The lowest BCUT2D eigenvalue weighted by Gasteiger charge is -2.29. The standard InChI is InChI=1S/C30H33F4N5O/c1-17(2)21-7-5-6-8-22(21)27-37-25-23(13-14-29(25,31)40)26(38-27)35-15-19-9-11-20(12-10-19)28-36-24(30(32,33)34)16-39(28)18(3)4/h5-12,16-18,26,35,40H,13-15H2,1-4H3,(H,37,38). The molecule has 2 aromatic carbocycles. The quantitative estimate of drug-likeness (QED) is 0.293. The van der Waals surface area contributed by atoms with Crippen LogP contribution >= 0.6 is 0 Å². The third kappa shape index (κ3) is 5.42. The summed E-state index contributed by atoms with van der Waals surface area (Å²) in [6.07, 6.45) is -3.73. The van der Waals surface area contributed by atoms with Crippen LogP contribution in [0.2, 0.25) is 0 Å². The van der Waals surface area contributed by atoms with Gasteiger partial charge in [-0.25, -0.2) is 14.4 Å². The molecule has 2 heterocycles. The predicted octanol–water partition coefficient (Wildman–Crippen LogP) is 6.44. The second-order valence-corrected chi connectivity index (χ2v) is 10.9. The molecule has 212 valence electrons. The van der Waals surface area contributed by atoms with Gasteiger partial charge in [0, 0.05) is 36.3 Å². The van der Waals surface area contributed by atoms with Gasteiger partial charge in [0.05, 0.1) is 5.70 Å². The number of halogens is 4. The van der Waals surface area contributed by atoms with Gasteiger partial charge in [0.15, 0.2) is 5.69 Å². The molecule has 0 fully saturated rings. The van der Waals surface area contributed by atoms with E-state index in [1.165, 1.54) is 4.57 Å². The summed E-state index contributed by atoms with van der Waals surface area (Å²) >= 11 is 0. The van der Waals surface area contributed by atoms with Gasteiger partial charge in [-0.3, -0.25) is 5.32 Å². The van der Waals surface area contributed by atoms with Crippen LogP contribution in [0.3, 0.4) is 0 Å². The second kappa shape index (κ2) is 10.5. The molecule has 10 heteroatoms. The van der Waals surface area contributed by atoms with Gasteiger partial charge in [0.1, 0.15) is 17.8 Å². The second-order valence-electron chi connectivity index (χ2n) is 10.9. The van der Waals surface area contributed by atoms with Crippen LogP contribution in [0.15, 0.2) is 71.0 Å². The summed E-state index contributed by atoms with van der Waals surface area (Å²) in [5.41, 5.74) is 3.24. The summed E-state index contributed by atoms with van der Waals surface area (Å²) in [5, 5.41) is 16.9. The number of amidine groups is 1. The molecule has 1 aliphatic carbocycles. The first kappa shape index (κ1) is 28.0. The number of alkyl halides is 4. The Morgan fingerprint density at radius 3 is 2.45 bits per heavy atom. The lowest BCUT2D eigenvalue weighted by molar-refractivity contribution is -0.140. The monoisotopic (exact) mass is 555 g/mol. The van der Waals surface area contributed by atoms with Gasteiger partial charge in [-0.05, 0) is 42.9 Å². The largest absolute Gasteiger partial charge is 0.434 e. The van der Waals surface area contributed by atoms with Crippen molar-refractivity contribution in [1.29, 1.82) is 0 Å². The minimum Gasteiger partial charge on any atom is -0.357 e. The number of benzene rings is 2. The SMILES string of the molecule is CC(C)c1ccccc1C1=NC(NCc2ccc(-c3nc(C(F)(F)F)cn3C(C)C)cc2)C2=C(N1)C(O)(F)CC2. The Morgan fingerprint density at radius 2 is 1.80 bits per heavy atom. The van der Waals surface area contributed by atoms with E-state index >= 15 is 4.39 Å². The van der Waals surface area contributed by atoms with Crippen LogP contribution in [0.5, 0.6) is 0 Å². The smallest absolute Gasteiger partial charge is 0.357 e. The number of rotatable bonds is 7. The van der Waals surface area contributed by atoms with E-state index in [0.29, 0.717) is 29.9 Å².